The molecule has 0 saturated heterocycles. The predicted octanol–water partition coefficient (Wildman–Crippen LogP) is 8.59. The van der Waals surface area contributed by atoms with Crippen molar-refractivity contribution >= 4 is 47.3 Å². The minimum absolute atomic E-state index is 0.103. The number of nitrogens with zero attached hydrogens (tertiary/aromatic N) is 3. The Hall–Kier alpha value is -5.27. The van der Waals surface area contributed by atoms with Gasteiger partial charge in [-0.2, -0.15) is 0 Å². The molecule has 3 rings (SSSR count). The third-order valence-electron chi connectivity index (χ3n) is 6.77. The highest BCUT2D eigenvalue weighted by molar-refractivity contribution is 6.06. The first-order chi connectivity index (χ1) is 24.1. The van der Waals surface area contributed by atoms with Crippen molar-refractivity contribution in [2.24, 2.45) is 0 Å². The fourth-order valence-electron chi connectivity index (χ4n) is 4.57. The van der Waals surface area contributed by atoms with Gasteiger partial charge in [0.2, 0.25) is 0 Å². The van der Waals surface area contributed by atoms with Crippen LogP contribution in [0.4, 0.5) is 32.9 Å². The molecule has 0 saturated carbocycles. The molecule has 51 heavy (non-hydrogen) atoms. The van der Waals surface area contributed by atoms with Crippen LogP contribution in [0.5, 0.6) is 5.75 Å². The molecule has 0 atom stereocenters. The van der Waals surface area contributed by atoms with Gasteiger partial charge in [-0.05, 0) is 72.2 Å². The van der Waals surface area contributed by atoms with Gasteiger partial charge >= 0.3 is 12.2 Å². The van der Waals surface area contributed by atoms with Crippen LogP contribution in [0, 0.1) is 0 Å². The summed E-state index contributed by atoms with van der Waals surface area (Å²) in [6.07, 6.45) is 7.63. The van der Waals surface area contributed by atoms with E-state index in [-0.39, 0.29) is 40.4 Å². The van der Waals surface area contributed by atoms with Gasteiger partial charge in [-0.1, -0.05) is 64.0 Å². The average molecular weight is 706 g/mol. The Morgan fingerprint density at radius 3 is 1.37 bits per heavy atom. The molecule has 4 N–H and O–H groups in total. The van der Waals surface area contributed by atoms with Crippen LogP contribution in [0.15, 0.2) is 48.5 Å². The number of ether oxygens (including phenoxy) is 3. The van der Waals surface area contributed by atoms with Crippen LogP contribution in [0.2, 0.25) is 0 Å². The lowest BCUT2D eigenvalue weighted by molar-refractivity contribution is 0.0624. The van der Waals surface area contributed by atoms with Crippen molar-refractivity contribution in [1.82, 2.24) is 15.0 Å². The van der Waals surface area contributed by atoms with Gasteiger partial charge in [0.1, 0.15) is 51.6 Å². The molecule has 3 aromatic heterocycles. The molecule has 0 aromatic carbocycles. The highest BCUT2D eigenvalue weighted by atomic mass is 16.6. The molecule has 3 aromatic rings. The molecule has 0 aliphatic carbocycles. The summed E-state index contributed by atoms with van der Waals surface area (Å²) in [5.74, 6) is -0.461. The van der Waals surface area contributed by atoms with Crippen molar-refractivity contribution in [1.29, 1.82) is 0 Å². The Bertz CT molecular complexity index is 1530. The normalized spacial score (nSPS) is 11.3. The molecule has 0 aliphatic rings. The molecule has 0 bridgehead atoms. The maximum Gasteiger partial charge on any atom is 0.413 e. The van der Waals surface area contributed by atoms with Crippen LogP contribution in [0.1, 0.15) is 121 Å². The zero-order chi connectivity index (χ0) is 37.4. The molecule has 0 fully saturated rings. The minimum atomic E-state index is -0.706. The number of carbonyl (C=O) groups excluding carboxylic acids is 4. The molecule has 14 heteroatoms. The van der Waals surface area contributed by atoms with Gasteiger partial charge in [-0.3, -0.25) is 20.2 Å². The van der Waals surface area contributed by atoms with Gasteiger partial charge in [0.05, 0.1) is 6.61 Å². The first kappa shape index (κ1) is 40.2. The number of carbonyl (C=O) groups is 4. The fraction of sp³-hybridized carbons (Fsp3) is 0.486. The Labute approximate surface area is 299 Å². The average Bonchev–Trinajstić information content (AvgIpc) is 3.02. The van der Waals surface area contributed by atoms with Crippen molar-refractivity contribution in [3.8, 4) is 5.75 Å². The van der Waals surface area contributed by atoms with E-state index >= 15 is 0 Å². The predicted molar refractivity (Wildman–Crippen MR) is 196 cm³/mol. The molecule has 0 aliphatic heterocycles. The zero-order valence-corrected chi connectivity index (χ0v) is 30.7. The minimum Gasteiger partial charge on any atom is -0.493 e. The second kappa shape index (κ2) is 19.2. The van der Waals surface area contributed by atoms with E-state index in [1.807, 2.05) is 0 Å². The van der Waals surface area contributed by atoms with Gasteiger partial charge in [-0.25, -0.2) is 24.5 Å². The summed E-state index contributed by atoms with van der Waals surface area (Å²) < 4.78 is 16.5. The lowest BCUT2D eigenvalue weighted by Crippen LogP contribution is -2.27. The third kappa shape index (κ3) is 15.9. The summed E-state index contributed by atoms with van der Waals surface area (Å²) in [7, 11) is 0. The quantitative estimate of drug-likeness (QED) is 0.105. The lowest BCUT2D eigenvalue weighted by atomic mass is 10.1. The van der Waals surface area contributed by atoms with E-state index in [9.17, 15) is 19.2 Å². The van der Waals surface area contributed by atoms with Gasteiger partial charge < -0.3 is 24.8 Å². The maximum atomic E-state index is 13.4. The number of unbranched alkanes of at least 4 members (excludes halogenated alkanes) is 7. The molecule has 3 heterocycles. The smallest absolute Gasteiger partial charge is 0.413 e. The molecule has 0 unspecified atom stereocenters. The SMILES string of the molecule is CCCCCCCCCCOc1cc(C(=O)Nc2cccc(NC(=O)OC(C)(C)C)n2)nc(C(=O)Nc2cccc(NC(=O)OC(C)(C)C)n2)c1. The van der Waals surface area contributed by atoms with Crippen LogP contribution in [0.3, 0.4) is 0 Å². The Morgan fingerprint density at radius 2 is 0.961 bits per heavy atom. The van der Waals surface area contributed by atoms with Crippen LogP contribution < -0.4 is 26.0 Å². The van der Waals surface area contributed by atoms with E-state index in [1.54, 1.807) is 77.9 Å². The molecule has 276 valence electrons. The van der Waals surface area contributed by atoms with E-state index in [4.69, 9.17) is 14.2 Å². The summed E-state index contributed by atoms with van der Waals surface area (Å²) in [6, 6.07) is 12.3. The van der Waals surface area contributed by atoms with Crippen LogP contribution >= 0.6 is 0 Å². The summed E-state index contributed by atoms with van der Waals surface area (Å²) in [5, 5.41) is 10.4. The number of anilines is 4. The zero-order valence-electron chi connectivity index (χ0n) is 30.7. The summed E-state index contributed by atoms with van der Waals surface area (Å²) in [4.78, 5) is 64.1. The van der Waals surface area contributed by atoms with E-state index in [2.05, 4.69) is 43.1 Å². The summed E-state index contributed by atoms with van der Waals surface area (Å²) >= 11 is 0. The molecule has 0 radical (unpaired) electrons. The third-order valence-corrected chi connectivity index (χ3v) is 6.77. The van der Waals surface area contributed by atoms with E-state index in [0.29, 0.717) is 6.61 Å². The lowest BCUT2D eigenvalue weighted by Gasteiger charge is -2.19. The molecular formula is C37H51N7O7. The van der Waals surface area contributed by atoms with Crippen molar-refractivity contribution in [2.75, 3.05) is 27.9 Å². The summed E-state index contributed by atoms with van der Waals surface area (Å²) in [6.45, 7) is 13.0. The Morgan fingerprint density at radius 1 is 0.569 bits per heavy atom. The van der Waals surface area contributed by atoms with E-state index in [1.165, 1.54) is 44.2 Å². The number of amides is 4. The topological polar surface area (TPSA) is 183 Å². The second-order valence-corrected chi connectivity index (χ2v) is 13.9. The van der Waals surface area contributed by atoms with Gasteiger partial charge in [0.25, 0.3) is 11.8 Å². The Balaban J connectivity index is 1.75. The largest absolute Gasteiger partial charge is 0.493 e. The van der Waals surface area contributed by atoms with Crippen LogP contribution in [-0.4, -0.2) is 56.8 Å². The standard InChI is InChI=1S/C37H51N7O7/c1-8-9-10-11-12-13-14-15-22-49-25-23-26(32(45)41-28-18-16-20-30(39-28)43-34(47)50-36(2,3)4)38-27(24-25)33(46)42-29-19-17-21-31(40-29)44-35(48)51-37(5,6)7/h16-21,23-24H,8-15,22H2,1-7H3,(H2,39,41,43,45,47)(H2,40,42,44,46,48). The number of aromatic nitrogens is 3. The Kier molecular flexibility index (Phi) is 15.1. The monoisotopic (exact) mass is 705 g/mol. The van der Waals surface area contributed by atoms with Gasteiger partial charge in [-0.15, -0.1) is 0 Å². The number of nitrogens with one attached hydrogen (secondary N) is 4. The van der Waals surface area contributed by atoms with Gasteiger partial charge in [0.15, 0.2) is 0 Å². The number of pyridine rings is 3. The number of hydrogen-bond donors (Lipinski definition) is 4. The van der Waals surface area contributed by atoms with Gasteiger partial charge in [0, 0.05) is 12.1 Å². The van der Waals surface area contributed by atoms with Crippen LogP contribution in [-0.2, 0) is 9.47 Å². The first-order valence-electron chi connectivity index (χ1n) is 17.3. The highest BCUT2D eigenvalue weighted by Gasteiger charge is 2.20. The maximum absolute atomic E-state index is 13.4. The number of rotatable bonds is 16. The molecule has 14 nitrogen and oxygen atoms in total. The second-order valence-electron chi connectivity index (χ2n) is 13.9. The van der Waals surface area contributed by atoms with E-state index in [0.717, 1.165) is 19.3 Å². The van der Waals surface area contributed by atoms with Crippen molar-refractivity contribution in [3.05, 3.63) is 59.9 Å². The van der Waals surface area contributed by atoms with Crippen molar-refractivity contribution < 1.29 is 33.4 Å². The molecule has 0 spiro atoms. The molecular weight excluding hydrogens is 654 g/mol. The van der Waals surface area contributed by atoms with Crippen molar-refractivity contribution in [3.63, 3.8) is 0 Å². The first-order valence-corrected chi connectivity index (χ1v) is 17.3. The van der Waals surface area contributed by atoms with E-state index < -0.39 is 35.2 Å². The summed E-state index contributed by atoms with van der Waals surface area (Å²) in [5.41, 5.74) is -1.62. The highest BCUT2D eigenvalue weighted by Crippen LogP contribution is 2.20. The molecule has 4 amide bonds. The van der Waals surface area contributed by atoms with Crippen LogP contribution in [0.25, 0.3) is 0 Å². The number of hydrogen-bond acceptors (Lipinski definition) is 10. The fourth-order valence-corrected chi connectivity index (χ4v) is 4.57. The van der Waals surface area contributed by atoms with Crippen molar-refractivity contribution in [2.45, 2.75) is 111 Å².